The van der Waals surface area contributed by atoms with E-state index in [1.807, 2.05) is 11.0 Å². The van der Waals surface area contributed by atoms with Crippen molar-refractivity contribution in [2.75, 3.05) is 42.4 Å². The zero-order valence-corrected chi connectivity index (χ0v) is 18.9. The van der Waals surface area contributed by atoms with Crippen LogP contribution in [0.25, 0.3) is 0 Å². The van der Waals surface area contributed by atoms with Gasteiger partial charge in [0.05, 0.1) is 16.1 Å². The lowest BCUT2D eigenvalue weighted by molar-refractivity contribution is 0.0746. The van der Waals surface area contributed by atoms with Crippen molar-refractivity contribution in [2.24, 2.45) is 0 Å². The van der Waals surface area contributed by atoms with Gasteiger partial charge in [-0.1, -0.05) is 24.3 Å². The van der Waals surface area contributed by atoms with Gasteiger partial charge in [0.1, 0.15) is 11.9 Å². The van der Waals surface area contributed by atoms with Gasteiger partial charge in [0, 0.05) is 45.0 Å². The van der Waals surface area contributed by atoms with Crippen LogP contribution in [-0.4, -0.2) is 57.4 Å². The zero-order chi connectivity index (χ0) is 23.4. The van der Waals surface area contributed by atoms with E-state index in [9.17, 15) is 18.5 Å². The van der Waals surface area contributed by atoms with Crippen LogP contribution in [0.5, 0.6) is 0 Å². The summed E-state index contributed by atoms with van der Waals surface area (Å²) >= 11 is 0. The first kappa shape index (κ1) is 22.3. The largest absolute Gasteiger partial charge is 0.352 e. The summed E-state index contributed by atoms with van der Waals surface area (Å²) in [5, 5.41) is 9.31. The Kier molecular flexibility index (Phi) is 6.29. The number of para-hydroxylation sites is 1. The number of sulfonamides is 1. The second-order valence-corrected chi connectivity index (χ2v) is 9.57. The molecule has 0 atom stereocenters. The highest BCUT2D eigenvalue weighted by atomic mass is 32.2. The van der Waals surface area contributed by atoms with E-state index in [1.165, 1.54) is 23.5 Å². The van der Waals surface area contributed by atoms with Crippen molar-refractivity contribution in [1.82, 2.24) is 9.88 Å². The van der Waals surface area contributed by atoms with Crippen molar-refractivity contribution >= 4 is 27.4 Å². The summed E-state index contributed by atoms with van der Waals surface area (Å²) in [5.41, 5.74) is 1.36. The molecule has 2 aromatic carbocycles. The van der Waals surface area contributed by atoms with E-state index in [-0.39, 0.29) is 10.8 Å². The van der Waals surface area contributed by atoms with E-state index in [0.29, 0.717) is 48.8 Å². The molecule has 1 saturated heterocycles. The average Bonchev–Trinajstić information content (AvgIpc) is 2.88. The summed E-state index contributed by atoms with van der Waals surface area (Å²) in [5.74, 6) is 0.389. The lowest BCUT2D eigenvalue weighted by Crippen LogP contribution is -2.49. The van der Waals surface area contributed by atoms with E-state index in [1.54, 1.807) is 59.6 Å². The van der Waals surface area contributed by atoms with Gasteiger partial charge >= 0.3 is 0 Å². The van der Waals surface area contributed by atoms with Gasteiger partial charge in [0.25, 0.3) is 15.9 Å². The fourth-order valence-electron chi connectivity index (χ4n) is 3.76. The molecule has 2 heterocycles. The monoisotopic (exact) mass is 461 g/mol. The molecule has 1 fully saturated rings. The van der Waals surface area contributed by atoms with Gasteiger partial charge in [-0.15, -0.1) is 0 Å². The first-order valence-corrected chi connectivity index (χ1v) is 11.9. The Morgan fingerprint density at radius 2 is 1.73 bits per heavy atom. The Balaban J connectivity index is 1.49. The molecule has 168 valence electrons. The number of piperazine rings is 1. The molecule has 1 amide bonds. The highest BCUT2D eigenvalue weighted by molar-refractivity contribution is 7.92. The lowest BCUT2D eigenvalue weighted by Gasteiger charge is -2.35. The number of carbonyl (C=O) groups excluding carboxylic acids is 1. The molecule has 0 saturated carbocycles. The van der Waals surface area contributed by atoms with Crippen LogP contribution in [0, 0.1) is 11.3 Å². The summed E-state index contributed by atoms with van der Waals surface area (Å²) < 4.78 is 27.4. The Bertz CT molecular complexity index is 1300. The Labute approximate surface area is 193 Å². The first-order valence-electron chi connectivity index (χ1n) is 10.4. The maximum atomic E-state index is 13.1. The Hall–Kier alpha value is -3.90. The van der Waals surface area contributed by atoms with Gasteiger partial charge in [-0.2, -0.15) is 5.26 Å². The fraction of sp³-hybridized carbons (Fsp3) is 0.208. The molecule has 1 aliphatic rings. The summed E-state index contributed by atoms with van der Waals surface area (Å²) in [4.78, 5) is 21.2. The number of benzene rings is 2. The number of nitriles is 1. The smallest absolute Gasteiger partial charge is 0.264 e. The Morgan fingerprint density at radius 1 is 1.00 bits per heavy atom. The third-order valence-corrected chi connectivity index (χ3v) is 7.41. The van der Waals surface area contributed by atoms with Crippen molar-refractivity contribution in [3.8, 4) is 6.07 Å². The number of hydrogen-bond acceptors (Lipinski definition) is 6. The quantitative estimate of drug-likeness (QED) is 0.580. The SMILES string of the molecule is CN(c1ccccc1)S(=O)(=O)c1cccc(C(=O)N2CCN(c3ncccc3C#N)CC2)c1. The van der Waals surface area contributed by atoms with E-state index in [4.69, 9.17) is 0 Å². The number of aromatic nitrogens is 1. The van der Waals surface area contributed by atoms with Crippen LogP contribution in [-0.2, 0) is 10.0 Å². The third-order valence-electron chi connectivity index (χ3n) is 5.63. The molecule has 1 aromatic heterocycles. The van der Waals surface area contributed by atoms with Crippen LogP contribution in [0.15, 0.2) is 77.8 Å². The van der Waals surface area contributed by atoms with Crippen molar-refractivity contribution < 1.29 is 13.2 Å². The minimum absolute atomic E-state index is 0.0606. The molecule has 9 heteroatoms. The predicted molar refractivity (Wildman–Crippen MR) is 126 cm³/mol. The molecule has 3 aromatic rings. The fourth-order valence-corrected chi connectivity index (χ4v) is 5.01. The van der Waals surface area contributed by atoms with Crippen molar-refractivity contribution in [3.05, 3.63) is 84.1 Å². The number of nitrogens with zero attached hydrogens (tertiary/aromatic N) is 5. The predicted octanol–water partition coefficient (Wildman–Crippen LogP) is 2.74. The van der Waals surface area contributed by atoms with Gasteiger partial charge < -0.3 is 9.80 Å². The van der Waals surface area contributed by atoms with Crippen LogP contribution in [0.2, 0.25) is 0 Å². The van der Waals surface area contributed by atoms with E-state index < -0.39 is 10.0 Å². The average molecular weight is 462 g/mol. The number of hydrogen-bond donors (Lipinski definition) is 0. The molecular formula is C24H23N5O3S. The van der Waals surface area contributed by atoms with Crippen LogP contribution >= 0.6 is 0 Å². The van der Waals surface area contributed by atoms with Crippen LogP contribution < -0.4 is 9.21 Å². The zero-order valence-electron chi connectivity index (χ0n) is 18.1. The van der Waals surface area contributed by atoms with Gasteiger partial charge in [0.2, 0.25) is 0 Å². The van der Waals surface area contributed by atoms with Gasteiger partial charge in [-0.3, -0.25) is 9.10 Å². The van der Waals surface area contributed by atoms with Gasteiger partial charge in [-0.25, -0.2) is 13.4 Å². The first-order chi connectivity index (χ1) is 15.9. The minimum Gasteiger partial charge on any atom is -0.352 e. The lowest BCUT2D eigenvalue weighted by atomic mass is 10.1. The maximum Gasteiger partial charge on any atom is 0.264 e. The maximum absolute atomic E-state index is 13.1. The highest BCUT2D eigenvalue weighted by Gasteiger charge is 2.26. The number of pyridine rings is 1. The van der Waals surface area contributed by atoms with Crippen molar-refractivity contribution in [3.63, 3.8) is 0 Å². The summed E-state index contributed by atoms with van der Waals surface area (Å²) in [6.07, 6.45) is 1.64. The molecule has 0 spiro atoms. The third kappa shape index (κ3) is 4.52. The van der Waals surface area contributed by atoms with Gasteiger partial charge in [-0.05, 0) is 42.5 Å². The topological polar surface area (TPSA) is 97.6 Å². The standard InChI is InChI=1S/C24H23N5O3S/c1-27(21-9-3-2-4-10-21)33(31,32)22-11-5-7-19(17-22)24(30)29-15-13-28(14-16-29)23-20(18-25)8-6-12-26-23/h2-12,17H,13-16H2,1H3. The molecule has 0 bridgehead atoms. The van der Waals surface area contributed by atoms with E-state index in [2.05, 4.69) is 11.1 Å². The second-order valence-electron chi connectivity index (χ2n) is 7.60. The minimum atomic E-state index is -3.82. The summed E-state index contributed by atoms with van der Waals surface area (Å²) in [6, 6.07) is 20.5. The number of rotatable bonds is 5. The van der Waals surface area contributed by atoms with Crippen LogP contribution in [0.4, 0.5) is 11.5 Å². The van der Waals surface area contributed by atoms with Crippen LogP contribution in [0.3, 0.4) is 0 Å². The van der Waals surface area contributed by atoms with Crippen LogP contribution in [0.1, 0.15) is 15.9 Å². The Morgan fingerprint density at radius 3 is 2.42 bits per heavy atom. The number of carbonyl (C=O) groups is 1. The molecular weight excluding hydrogens is 438 g/mol. The van der Waals surface area contributed by atoms with E-state index >= 15 is 0 Å². The van der Waals surface area contributed by atoms with Crippen molar-refractivity contribution in [1.29, 1.82) is 5.26 Å². The number of amides is 1. The highest BCUT2D eigenvalue weighted by Crippen LogP contribution is 2.23. The molecule has 0 N–H and O–H groups in total. The van der Waals surface area contributed by atoms with Gasteiger partial charge in [0.15, 0.2) is 0 Å². The summed E-state index contributed by atoms with van der Waals surface area (Å²) in [6.45, 7) is 1.96. The molecule has 0 aliphatic carbocycles. The molecule has 1 aliphatic heterocycles. The molecule has 4 rings (SSSR count). The van der Waals surface area contributed by atoms with E-state index in [0.717, 1.165) is 0 Å². The number of anilines is 2. The molecule has 8 nitrogen and oxygen atoms in total. The normalized spacial score (nSPS) is 13.9. The summed E-state index contributed by atoms with van der Waals surface area (Å²) in [7, 11) is -2.32. The van der Waals surface area contributed by atoms with Crippen molar-refractivity contribution in [2.45, 2.75) is 4.90 Å². The molecule has 0 radical (unpaired) electrons. The second kappa shape index (κ2) is 9.30. The molecule has 33 heavy (non-hydrogen) atoms. The molecule has 0 unspecified atom stereocenters.